The van der Waals surface area contributed by atoms with Crippen LogP contribution in [0.25, 0.3) is 17.0 Å². The zero-order valence-electron chi connectivity index (χ0n) is 11.4. The summed E-state index contributed by atoms with van der Waals surface area (Å²) in [5, 5.41) is 11.5. The van der Waals surface area contributed by atoms with Gasteiger partial charge in [-0.1, -0.05) is 42.0 Å². The number of nitrogens with zero attached hydrogens (tertiary/aromatic N) is 1. The number of benzene rings is 2. The molecule has 0 aliphatic rings. The summed E-state index contributed by atoms with van der Waals surface area (Å²) in [7, 11) is 0. The molecule has 0 amide bonds. The zero-order chi connectivity index (χ0) is 13.8. The number of H-pyrrole nitrogens is 1. The van der Waals surface area contributed by atoms with Gasteiger partial charge in [-0.25, -0.2) is 0 Å². The van der Waals surface area contributed by atoms with Crippen molar-refractivity contribution in [3.8, 4) is 0 Å². The number of hydrogen-bond donors (Lipinski definition) is 2. The summed E-state index contributed by atoms with van der Waals surface area (Å²) in [5.41, 5.74) is 4.70. The zero-order valence-corrected chi connectivity index (χ0v) is 11.4. The molecule has 2 N–H and O–H groups in total. The molecule has 0 aliphatic carbocycles. The third kappa shape index (κ3) is 2.88. The second-order valence-corrected chi connectivity index (χ2v) is 4.93. The molecule has 0 saturated carbocycles. The molecule has 2 aromatic carbocycles. The second-order valence-electron chi connectivity index (χ2n) is 4.93. The van der Waals surface area contributed by atoms with Gasteiger partial charge in [-0.2, -0.15) is 5.10 Å². The van der Waals surface area contributed by atoms with Gasteiger partial charge in [0.25, 0.3) is 0 Å². The highest BCUT2D eigenvalue weighted by atomic mass is 15.1. The second kappa shape index (κ2) is 5.61. The maximum atomic E-state index is 4.03. The third-order valence-corrected chi connectivity index (χ3v) is 3.22. The number of anilines is 1. The largest absolute Gasteiger partial charge is 0.381 e. The van der Waals surface area contributed by atoms with Gasteiger partial charge in [0, 0.05) is 17.6 Å². The minimum absolute atomic E-state index is 0.832. The van der Waals surface area contributed by atoms with Gasteiger partial charge in [0.2, 0.25) is 0 Å². The van der Waals surface area contributed by atoms with Crippen LogP contribution in [0.1, 0.15) is 12.5 Å². The number of fused-ring (bicyclic) bond motifs is 1. The van der Waals surface area contributed by atoms with Crippen LogP contribution < -0.4 is 5.32 Å². The smallest absolute Gasteiger partial charge is 0.0651 e. The Labute approximate surface area is 118 Å². The van der Waals surface area contributed by atoms with E-state index < -0.39 is 0 Å². The van der Waals surface area contributed by atoms with Gasteiger partial charge in [0.05, 0.1) is 11.7 Å². The predicted octanol–water partition coefficient (Wildman–Crippen LogP) is 4.08. The van der Waals surface area contributed by atoms with Crippen molar-refractivity contribution in [3.05, 3.63) is 65.9 Å². The van der Waals surface area contributed by atoms with E-state index in [4.69, 9.17) is 0 Å². The average Bonchev–Trinajstić information content (AvgIpc) is 2.93. The van der Waals surface area contributed by atoms with E-state index in [1.807, 2.05) is 18.3 Å². The molecule has 3 heteroatoms. The molecule has 3 rings (SSSR count). The van der Waals surface area contributed by atoms with Crippen LogP contribution in [0, 0.1) is 0 Å². The van der Waals surface area contributed by atoms with Crippen molar-refractivity contribution in [2.24, 2.45) is 0 Å². The van der Waals surface area contributed by atoms with E-state index in [1.54, 1.807) is 0 Å². The first-order chi connectivity index (χ1) is 9.81. The van der Waals surface area contributed by atoms with Gasteiger partial charge in [-0.15, -0.1) is 0 Å². The first kappa shape index (κ1) is 12.5. The lowest BCUT2D eigenvalue weighted by Gasteiger charge is -2.07. The Morgan fingerprint density at radius 1 is 1.20 bits per heavy atom. The standard InChI is InChI=1S/C17H17N3/c1-13(9-14-5-3-2-4-6-14)11-18-16-7-8-17-15(10-16)12-19-20-17/h2-10,12,18H,11H2,1H3,(H,19,20)/b13-9+. The summed E-state index contributed by atoms with van der Waals surface area (Å²) in [6, 6.07) is 16.6. The van der Waals surface area contributed by atoms with E-state index in [2.05, 4.69) is 64.9 Å². The van der Waals surface area contributed by atoms with Crippen molar-refractivity contribution < 1.29 is 0 Å². The van der Waals surface area contributed by atoms with E-state index >= 15 is 0 Å². The molecule has 3 nitrogen and oxygen atoms in total. The van der Waals surface area contributed by atoms with Crippen LogP contribution in [-0.2, 0) is 0 Å². The fourth-order valence-corrected chi connectivity index (χ4v) is 2.18. The normalized spacial score (nSPS) is 11.8. The van der Waals surface area contributed by atoms with Crippen LogP contribution >= 0.6 is 0 Å². The van der Waals surface area contributed by atoms with Crippen molar-refractivity contribution in [2.45, 2.75) is 6.92 Å². The minimum Gasteiger partial charge on any atom is -0.381 e. The van der Waals surface area contributed by atoms with Crippen LogP contribution in [0.3, 0.4) is 0 Å². The van der Waals surface area contributed by atoms with Gasteiger partial charge in [0.1, 0.15) is 0 Å². The van der Waals surface area contributed by atoms with Crippen molar-refractivity contribution >= 4 is 22.7 Å². The topological polar surface area (TPSA) is 40.7 Å². The summed E-state index contributed by atoms with van der Waals surface area (Å²) < 4.78 is 0. The quantitative estimate of drug-likeness (QED) is 0.744. The highest BCUT2D eigenvalue weighted by Gasteiger charge is 1.98. The first-order valence-electron chi connectivity index (χ1n) is 6.70. The maximum Gasteiger partial charge on any atom is 0.0651 e. The summed E-state index contributed by atoms with van der Waals surface area (Å²) in [4.78, 5) is 0. The Hall–Kier alpha value is -2.55. The van der Waals surface area contributed by atoms with Crippen LogP contribution in [0.4, 0.5) is 5.69 Å². The van der Waals surface area contributed by atoms with E-state index in [-0.39, 0.29) is 0 Å². The molecule has 0 atom stereocenters. The van der Waals surface area contributed by atoms with Gasteiger partial charge < -0.3 is 5.32 Å². The summed E-state index contributed by atoms with van der Waals surface area (Å²) >= 11 is 0. The highest BCUT2D eigenvalue weighted by molar-refractivity contribution is 5.81. The lowest BCUT2D eigenvalue weighted by atomic mass is 10.1. The van der Waals surface area contributed by atoms with Gasteiger partial charge in [0.15, 0.2) is 0 Å². The minimum atomic E-state index is 0.832. The molecule has 0 unspecified atom stereocenters. The Balaban J connectivity index is 1.68. The summed E-state index contributed by atoms with van der Waals surface area (Å²) in [5.74, 6) is 0. The van der Waals surface area contributed by atoms with Gasteiger partial charge in [-0.3, -0.25) is 5.10 Å². The maximum absolute atomic E-state index is 4.03. The average molecular weight is 263 g/mol. The van der Waals surface area contributed by atoms with E-state index in [9.17, 15) is 0 Å². The number of hydrogen-bond acceptors (Lipinski definition) is 2. The predicted molar refractivity (Wildman–Crippen MR) is 84.7 cm³/mol. The van der Waals surface area contributed by atoms with Crippen LogP contribution in [0.15, 0.2) is 60.3 Å². The molecular weight excluding hydrogens is 246 g/mol. The highest BCUT2D eigenvalue weighted by Crippen LogP contribution is 2.17. The van der Waals surface area contributed by atoms with Gasteiger partial charge in [-0.05, 0) is 30.7 Å². The number of rotatable bonds is 4. The van der Waals surface area contributed by atoms with Crippen LogP contribution in [0.5, 0.6) is 0 Å². The van der Waals surface area contributed by atoms with Crippen LogP contribution in [0.2, 0.25) is 0 Å². The fraction of sp³-hybridized carbons (Fsp3) is 0.118. The SMILES string of the molecule is C/C(=C\c1ccccc1)CNc1ccc2[nH]ncc2c1. The lowest BCUT2D eigenvalue weighted by Crippen LogP contribution is -2.02. The summed E-state index contributed by atoms with van der Waals surface area (Å²) in [6.45, 7) is 2.97. The monoisotopic (exact) mass is 263 g/mol. The number of aromatic amines is 1. The molecule has 0 radical (unpaired) electrons. The molecule has 0 fully saturated rings. The fourth-order valence-electron chi connectivity index (χ4n) is 2.18. The summed E-state index contributed by atoms with van der Waals surface area (Å²) in [6.07, 6.45) is 4.04. The molecular formula is C17H17N3. The van der Waals surface area contributed by atoms with Gasteiger partial charge >= 0.3 is 0 Å². The molecule has 0 saturated heterocycles. The van der Waals surface area contributed by atoms with Crippen LogP contribution in [-0.4, -0.2) is 16.7 Å². The van der Waals surface area contributed by atoms with Crippen molar-refractivity contribution in [1.82, 2.24) is 10.2 Å². The molecule has 100 valence electrons. The molecule has 0 spiro atoms. The Morgan fingerprint density at radius 3 is 2.90 bits per heavy atom. The molecule has 1 aromatic heterocycles. The van der Waals surface area contributed by atoms with Crippen molar-refractivity contribution in [1.29, 1.82) is 0 Å². The van der Waals surface area contributed by atoms with E-state index in [0.717, 1.165) is 23.1 Å². The Kier molecular flexibility index (Phi) is 3.50. The number of nitrogens with one attached hydrogen (secondary N) is 2. The first-order valence-corrected chi connectivity index (χ1v) is 6.70. The van der Waals surface area contributed by atoms with Crippen molar-refractivity contribution in [3.63, 3.8) is 0 Å². The molecule has 3 aromatic rings. The Bertz CT molecular complexity index is 726. The van der Waals surface area contributed by atoms with E-state index in [1.165, 1.54) is 11.1 Å². The molecule has 0 bridgehead atoms. The molecule has 0 aliphatic heterocycles. The van der Waals surface area contributed by atoms with Crippen molar-refractivity contribution in [2.75, 3.05) is 11.9 Å². The molecule has 1 heterocycles. The number of aromatic nitrogens is 2. The third-order valence-electron chi connectivity index (χ3n) is 3.22. The lowest BCUT2D eigenvalue weighted by molar-refractivity contribution is 1.12. The molecule has 20 heavy (non-hydrogen) atoms. The Morgan fingerprint density at radius 2 is 2.05 bits per heavy atom. The van der Waals surface area contributed by atoms with E-state index in [0.29, 0.717) is 0 Å².